The normalized spacial score (nSPS) is 18.2. The van der Waals surface area contributed by atoms with Crippen molar-refractivity contribution in [1.82, 2.24) is 4.90 Å². The highest BCUT2D eigenvalue weighted by atomic mass is 35.5. The second-order valence-corrected chi connectivity index (χ2v) is 8.02. The maximum atomic E-state index is 13.1. The molecular weight excluding hydrogens is 459 g/mol. The number of rotatable bonds is 4. The third kappa shape index (κ3) is 4.39. The van der Waals surface area contributed by atoms with Crippen LogP contribution in [0, 0.1) is 6.92 Å². The molecule has 4 rings (SSSR count). The Morgan fingerprint density at radius 1 is 1.09 bits per heavy atom. The van der Waals surface area contributed by atoms with Crippen LogP contribution in [0.3, 0.4) is 0 Å². The Kier molecular flexibility index (Phi) is 5.80. The highest BCUT2D eigenvalue weighted by molar-refractivity contribution is 6.46. The van der Waals surface area contributed by atoms with Gasteiger partial charge in [-0.15, -0.1) is 0 Å². The molecule has 1 fully saturated rings. The molecule has 1 saturated heterocycles. The van der Waals surface area contributed by atoms with Crippen molar-refractivity contribution in [2.45, 2.75) is 25.7 Å². The minimum absolute atomic E-state index is 0.173. The maximum Gasteiger partial charge on any atom is 0.416 e. The van der Waals surface area contributed by atoms with E-state index in [0.29, 0.717) is 10.8 Å². The molecule has 1 aliphatic rings. The predicted octanol–water partition coefficient (Wildman–Crippen LogP) is 5.88. The van der Waals surface area contributed by atoms with Gasteiger partial charge in [-0.2, -0.15) is 13.2 Å². The van der Waals surface area contributed by atoms with Crippen LogP contribution in [0.5, 0.6) is 0 Å². The molecule has 2 aromatic carbocycles. The van der Waals surface area contributed by atoms with Crippen molar-refractivity contribution in [2.24, 2.45) is 0 Å². The molecule has 33 heavy (non-hydrogen) atoms. The molecule has 1 amide bonds. The monoisotopic (exact) mass is 475 g/mol. The van der Waals surface area contributed by atoms with Gasteiger partial charge in [-0.25, -0.2) is 0 Å². The van der Waals surface area contributed by atoms with E-state index in [1.54, 1.807) is 19.1 Å². The highest BCUT2D eigenvalue weighted by Crippen LogP contribution is 2.41. The molecule has 2 heterocycles. The van der Waals surface area contributed by atoms with Crippen molar-refractivity contribution < 1.29 is 32.3 Å². The number of halogens is 4. The van der Waals surface area contributed by atoms with Crippen LogP contribution in [0.25, 0.3) is 5.76 Å². The Balaban J connectivity index is 1.82. The Labute approximate surface area is 191 Å². The quantitative estimate of drug-likeness (QED) is 0.290. The smallest absolute Gasteiger partial charge is 0.416 e. The lowest BCUT2D eigenvalue weighted by Crippen LogP contribution is -2.29. The van der Waals surface area contributed by atoms with E-state index in [2.05, 4.69) is 0 Å². The number of aryl methyl sites for hydroxylation is 1. The first-order valence-corrected chi connectivity index (χ1v) is 10.2. The molecule has 170 valence electrons. The van der Waals surface area contributed by atoms with E-state index < -0.39 is 35.2 Å². The Hall–Kier alpha value is -3.52. The van der Waals surface area contributed by atoms with Crippen molar-refractivity contribution in [3.05, 3.63) is 99.5 Å². The predicted molar refractivity (Wildman–Crippen MR) is 114 cm³/mol. The number of aliphatic hydroxyl groups is 1. The fraction of sp³-hybridized carbons (Fsp3) is 0.167. The molecule has 1 unspecified atom stereocenters. The van der Waals surface area contributed by atoms with Crippen LogP contribution in [0.4, 0.5) is 13.2 Å². The number of benzene rings is 2. The van der Waals surface area contributed by atoms with E-state index in [0.717, 1.165) is 17.0 Å². The van der Waals surface area contributed by atoms with Gasteiger partial charge in [0.25, 0.3) is 11.7 Å². The van der Waals surface area contributed by atoms with Crippen LogP contribution in [0.2, 0.25) is 5.02 Å². The zero-order valence-corrected chi connectivity index (χ0v) is 17.9. The van der Waals surface area contributed by atoms with Crippen molar-refractivity contribution in [3.63, 3.8) is 0 Å². The number of alkyl halides is 3. The summed E-state index contributed by atoms with van der Waals surface area (Å²) < 4.78 is 45.1. The largest absolute Gasteiger partial charge is 0.507 e. The SMILES string of the molecule is Cc1ccc(C2/C(=C(/O)c3ccc(Cl)cc3)C(=O)C(=O)N2Cc2cccc(C(F)(F)F)c2)o1. The Bertz CT molecular complexity index is 1260. The number of furan rings is 1. The molecule has 1 atom stereocenters. The molecular formula is C24H17ClF3NO4. The molecule has 1 aromatic heterocycles. The highest BCUT2D eigenvalue weighted by Gasteiger charge is 2.47. The van der Waals surface area contributed by atoms with E-state index in [9.17, 15) is 27.9 Å². The van der Waals surface area contributed by atoms with Gasteiger partial charge >= 0.3 is 6.18 Å². The lowest BCUT2D eigenvalue weighted by molar-refractivity contribution is -0.140. The standard InChI is InChI=1S/C24H17ClF3NO4/c1-13-5-10-18(33-13)20-19(21(30)15-6-8-17(25)9-7-15)22(31)23(32)29(20)12-14-3-2-4-16(11-14)24(26,27)28/h2-11,20,30H,12H2,1H3/b21-19-. The summed E-state index contributed by atoms with van der Waals surface area (Å²) in [6.07, 6.45) is -4.56. The van der Waals surface area contributed by atoms with Gasteiger partial charge in [0.2, 0.25) is 0 Å². The molecule has 0 radical (unpaired) electrons. The van der Waals surface area contributed by atoms with Crippen LogP contribution < -0.4 is 0 Å². The summed E-state index contributed by atoms with van der Waals surface area (Å²) in [5.74, 6) is -1.65. The number of aliphatic hydroxyl groups excluding tert-OH is 1. The summed E-state index contributed by atoms with van der Waals surface area (Å²) >= 11 is 5.89. The van der Waals surface area contributed by atoms with Gasteiger partial charge in [0.05, 0.1) is 11.1 Å². The van der Waals surface area contributed by atoms with Crippen LogP contribution in [0.1, 0.15) is 34.3 Å². The summed E-state index contributed by atoms with van der Waals surface area (Å²) in [6, 6.07) is 12.6. The molecule has 1 N–H and O–H groups in total. The first-order chi connectivity index (χ1) is 15.6. The van der Waals surface area contributed by atoms with Crippen molar-refractivity contribution >= 4 is 29.1 Å². The molecule has 0 spiro atoms. The first kappa shape index (κ1) is 22.7. The molecule has 1 aliphatic heterocycles. The van der Waals surface area contributed by atoms with Gasteiger partial charge in [-0.1, -0.05) is 23.7 Å². The van der Waals surface area contributed by atoms with Crippen LogP contribution in [-0.4, -0.2) is 21.7 Å². The number of Topliss-reactive ketones (excluding diaryl/α,β-unsaturated/α-hetero) is 1. The number of nitrogens with zero attached hydrogens (tertiary/aromatic N) is 1. The number of hydrogen-bond acceptors (Lipinski definition) is 4. The summed E-state index contributed by atoms with van der Waals surface area (Å²) in [4.78, 5) is 27.0. The fourth-order valence-electron chi connectivity index (χ4n) is 3.75. The third-order valence-corrected chi connectivity index (χ3v) is 5.55. The van der Waals surface area contributed by atoms with Crippen LogP contribution in [-0.2, 0) is 22.3 Å². The van der Waals surface area contributed by atoms with Crippen molar-refractivity contribution in [2.75, 3.05) is 0 Å². The summed E-state index contributed by atoms with van der Waals surface area (Å²) in [5, 5.41) is 11.3. The fourth-order valence-corrected chi connectivity index (χ4v) is 3.87. The number of carbonyl (C=O) groups is 2. The second-order valence-electron chi connectivity index (χ2n) is 7.58. The van der Waals surface area contributed by atoms with Crippen molar-refractivity contribution in [1.29, 1.82) is 0 Å². The number of likely N-dealkylation sites (tertiary alicyclic amines) is 1. The van der Waals surface area contributed by atoms with Crippen LogP contribution >= 0.6 is 11.6 Å². The van der Waals surface area contributed by atoms with E-state index in [-0.39, 0.29) is 29.0 Å². The van der Waals surface area contributed by atoms with Gasteiger partial charge in [0.15, 0.2) is 0 Å². The third-order valence-electron chi connectivity index (χ3n) is 5.30. The maximum absolute atomic E-state index is 13.1. The average molecular weight is 476 g/mol. The number of ketones is 1. The minimum atomic E-state index is -4.56. The molecule has 5 nitrogen and oxygen atoms in total. The number of hydrogen-bond donors (Lipinski definition) is 1. The van der Waals surface area contributed by atoms with Gasteiger partial charge < -0.3 is 14.4 Å². The molecule has 9 heteroatoms. The number of carbonyl (C=O) groups excluding carboxylic acids is 2. The van der Waals surface area contributed by atoms with E-state index >= 15 is 0 Å². The topological polar surface area (TPSA) is 70.8 Å². The Morgan fingerprint density at radius 2 is 1.79 bits per heavy atom. The summed E-state index contributed by atoms with van der Waals surface area (Å²) in [6.45, 7) is 1.37. The average Bonchev–Trinajstić information content (AvgIpc) is 3.30. The second kappa shape index (κ2) is 8.44. The minimum Gasteiger partial charge on any atom is -0.507 e. The van der Waals surface area contributed by atoms with Gasteiger partial charge in [-0.3, -0.25) is 9.59 Å². The van der Waals surface area contributed by atoms with E-state index in [1.807, 2.05) is 0 Å². The van der Waals surface area contributed by atoms with Gasteiger partial charge in [-0.05, 0) is 61.0 Å². The molecule has 3 aromatic rings. The van der Waals surface area contributed by atoms with Crippen molar-refractivity contribution in [3.8, 4) is 0 Å². The summed E-state index contributed by atoms with van der Waals surface area (Å²) in [7, 11) is 0. The van der Waals surface area contributed by atoms with Crippen LogP contribution in [0.15, 0.2) is 70.7 Å². The zero-order chi connectivity index (χ0) is 23.9. The first-order valence-electron chi connectivity index (χ1n) is 9.83. The number of amides is 1. The summed E-state index contributed by atoms with van der Waals surface area (Å²) in [5.41, 5.74) is -0.664. The lowest BCUT2D eigenvalue weighted by atomic mass is 9.99. The van der Waals surface area contributed by atoms with E-state index in [1.165, 1.54) is 36.4 Å². The zero-order valence-electron chi connectivity index (χ0n) is 17.2. The molecule has 0 aliphatic carbocycles. The van der Waals surface area contributed by atoms with E-state index in [4.69, 9.17) is 16.0 Å². The Morgan fingerprint density at radius 3 is 2.39 bits per heavy atom. The van der Waals surface area contributed by atoms with Gasteiger partial charge in [0, 0.05) is 17.1 Å². The molecule has 0 saturated carbocycles. The van der Waals surface area contributed by atoms with Gasteiger partial charge in [0.1, 0.15) is 23.3 Å². The lowest BCUT2D eigenvalue weighted by Gasteiger charge is -2.23. The molecule has 0 bridgehead atoms.